The summed E-state index contributed by atoms with van der Waals surface area (Å²) in [5.41, 5.74) is 1.97. The Morgan fingerprint density at radius 1 is 1.12 bits per heavy atom. The van der Waals surface area contributed by atoms with Crippen LogP contribution in [0.25, 0.3) is 6.08 Å². The number of benzene rings is 2. The van der Waals surface area contributed by atoms with Crippen LogP contribution in [0, 0.1) is 11.6 Å². The average Bonchev–Trinajstić information content (AvgIpc) is 2.56. The van der Waals surface area contributed by atoms with E-state index in [2.05, 4.69) is 11.3 Å². The van der Waals surface area contributed by atoms with E-state index in [0.717, 1.165) is 6.07 Å². The van der Waals surface area contributed by atoms with Crippen molar-refractivity contribution in [2.75, 3.05) is 0 Å². The summed E-state index contributed by atoms with van der Waals surface area (Å²) in [6.45, 7) is 3.59. The lowest BCUT2D eigenvalue weighted by molar-refractivity contribution is -0.275. The fraction of sp³-hybridized carbons (Fsp3) is 0.263. The third-order valence-electron chi connectivity index (χ3n) is 4.44. The summed E-state index contributed by atoms with van der Waals surface area (Å²) < 4.78 is 69.2. The van der Waals surface area contributed by atoms with E-state index in [9.17, 15) is 22.0 Å². The highest BCUT2D eigenvalue weighted by atomic mass is 19.4. The highest BCUT2D eigenvalue weighted by molar-refractivity contribution is 5.49. The van der Waals surface area contributed by atoms with Gasteiger partial charge in [0.15, 0.2) is 11.6 Å². The number of ether oxygens (including phenoxy) is 1. The van der Waals surface area contributed by atoms with Crippen molar-refractivity contribution in [3.05, 3.63) is 70.8 Å². The SMILES string of the molecule is C=Cc1ccc(C2CCc3c(ccc(OC(F)(F)F)c3F)C2)c(F)c1. The van der Waals surface area contributed by atoms with Crippen molar-refractivity contribution in [3.63, 3.8) is 0 Å². The topological polar surface area (TPSA) is 9.23 Å². The molecule has 0 spiro atoms. The van der Waals surface area contributed by atoms with Crippen molar-refractivity contribution in [2.24, 2.45) is 0 Å². The second-order valence-corrected chi connectivity index (χ2v) is 5.99. The molecule has 1 aliphatic rings. The molecule has 1 atom stereocenters. The Morgan fingerprint density at radius 2 is 1.88 bits per heavy atom. The van der Waals surface area contributed by atoms with Gasteiger partial charge in [-0.25, -0.2) is 8.78 Å². The molecule has 1 nitrogen and oxygen atoms in total. The summed E-state index contributed by atoms with van der Waals surface area (Å²) in [6.07, 6.45) is -2.36. The molecule has 2 aromatic rings. The fourth-order valence-electron chi connectivity index (χ4n) is 3.26. The maximum Gasteiger partial charge on any atom is 0.573 e. The molecule has 0 fully saturated rings. The minimum Gasteiger partial charge on any atom is -0.403 e. The van der Waals surface area contributed by atoms with E-state index in [0.29, 0.717) is 29.5 Å². The van der Waals surface area contributed by atoms with Gasteiger partial charge in [-0.1, -0.05) is 30.9 Å². The number of alkyl halides is 3. The summed E-state index contributed by atoms with van der Waals surface area (Å²) in [6, 6.07) is 7.21. The summed E-state index contributed by atoms with van der Waals surface area (Å²) in [4.78, 5) is 0. The molecular weight excluding hydrogens is 339 g/mol. The van der Waals surface area contributed by atoms with Gasteiger partial charge in [0.25, 0.3) is 0 Å². The third-order valence-corrected chi connectivity index (χ3v) is 4.44. The van der Waals surface area contributed by atoms with Gasteiger partial charge in [-0.3, -0.25) is 0 Å². The predicted molar refractivity (Wildman–Crippen MR) is 84.3 cm³/mol. The van der Waals surface area contributed by atoms with Gasteiger partial charge >= 0.3 is 6.36 Å². The van der Waals surface area contributed by atoms with Crippen LogP contribution >= 0.6 is 0 Å². The Kier molecular flexibility index (Phi) is 4.54. The average molecular weight is 354 g/mol. The van der Waals surface area contributed by atoms with Crippen molar-refractivity contribution in [1.82, 2.24) is 0 Å². The van der Waals surface area contributed by atoms with E-state index in [1.807, 2.05) is 0 Å². The van der Waals surface area contributed by atoms with Gasteiger partial charge in [-0.15, -0.1) is 13.2 Å². The number of fused-ring (bicyclic) bond motifs is 1. The van der Waals surface area contributed by atoms with Gasteiger partial charge in [-0.2, -0.15) is 0 Å². The van der Waals surface area contributed by atoms with Crippen molar-refractivity contribution >= 4 is 6.08 Å². The van der Waals surface area contributed by atoms with E-state index >= 15 is 0 Å². The Hall–Kier alpha value is -2.37. The first-order valence-corrected chi connectivity index (χ1v) is 7.76. The largest absolute Gasteiger partial charge is 0.573 e. The number of hydrogen-bond donors (Lipinski definition) is 0. The molecule has 0 N–H and O–H groups in total. The van der Waals surface area contributed by atoms with Gasteiger partial charge in [0, 0.05) is 0 Å². The quantitative estimate of drug-likeness (QED) is 0.635. The molecule has 0 saturated carbocycles. The van der Waals surface area contributed by atoms with Gasteiger partial charge in [-0.05, 0) is 59.6 Å². The second kappa shape index (κ2) is 6.50. The van der Waals surface area contributed by atoms with Crippen molar-refractivity contribution in [2.45, 2.75) is 31.5 Å². The van der Waals surface area contributed by atoms with Crippen LogP contribution in [0.5, 0.6) is 5.75 Å². The molecule has 0 bridgehead atoms. The van der Waals surface area contributed by atoms with Crippen LogP contribution in [0.3, 0.4) is 0 Å². The van der Waals surface area contributed by atoms with Crippen LogP contribution in [0.1, 0.15) is 34.6 Å². The van der Waals surface area contributed by atoms with Gasteiger partial charge in [0.2, 0.25) is 0 Å². The zero-order chi connectivity index (χ0) is 18.2. The summed E-state index contributed by atoms with van der Waals surface area (Å²) >= 11 is 0. The van der Waals surface area contributed by atoms with Crippen LogP contribution in [0.4, 0.5) is 22.0 Å². The number of rotatable bonds is 3. The first kappa shape index (κ1) is 17.5. The van der Waals surface area contributed by atoms with Crippen LogP contribution in [-0.2, 0) is 12.8 Å². The predicted octanol–water partition coefficient (Wildman–Crippen LogP) is 5.78. The fourth-order valence-corrected chi connectivity index (χ4v) is 3.26. The molecule has 1 unspecified atom stereocenters. The molecule has 3 rings (SSSR count). The van der Waals surface area contributed by atoms with Crippen molar-refractivity contribution < 1.29 is 26.7 Å². The Bertz CT molecular complexity index is 810. The Balaban J connectivity index is 1.87. The molecule has 1 aliphatic carbocycles. The molecule has 0 aliphatic heterocycles. The minimum atomic E-state index is -4.94. The van der Waals surface area contributed by atoms with Crippen molar-refractivity contribution in [1.29, 1.82) is 0 Å². The molecular formula is C19H15F5O. The van der Waals surface area contributed by atoms with Gasteiger partial charge in [0.05, 0.1) is 0 Å². The number of hydrogen-bond acceptors (Lipinski definition) is 1. The molecule has 25 heavy (non-hydrogen) atoms. The van der Waals surface area contributed by atoms with E-state index in [1.165, 1.54) is 12.1 Å². The first-order valence-electron chi connectivity index (χ1n) is 7.76. The van der Waals surface area contributed by atoms with E-state index < -0.39 is 17.9 Å². The van der Waals surface area contributed by atoms with Crippen LogP contribution in [-0.4, -0.2) is 6.36 Å². The highest BCUT2D eigenvalue weighted by Gasteiger charge is 2.34. The lowest BCUT2D eigenvalue weighted by Crippen LogP contribution is -2.20. The first-order chi connectivity index (χ1) is 11.8. The number of halogens is 5. The summed E-state index contributed by atoms with van der Waals surface area (Å²) in [5, 5.41) is 0. The molecule has 0 heterocycles. The maximum atomic E-state index is 14.3. The zero-order valence-electron chi connectivity index (χ0n) is 13.2. The van der Waals surface area contributed by atoms with Crippen LogP contribution < -0.4 is 4.74 Å². The summed E-state index contributed by atoms with van der Waals surface area (Å²) in [5.74, 6) is -2.33. The monoisotopic (exact) mass is 354 g/mol. The standard InChI is InChI=1S/C19H15F5O/c1-2-11-3-6-14(16(20)9-11)12-4-7-15-13(10-12)5-8-17(18(15)21)25-19(22,23)24/h2-3,5-6,8-9,12H,1,4,7,10H2. The smallest absolute Gasteiger partial charge is 0.403 e. The molecule has 0 radical (unpaired) electrons. The highest BCUT2D eigenvalue weighted by Crippen LogP contribution is 2.38. The van der Waals surface area contributed by atoms with Crippen molar-refractivity contribution in [3.8, 4) is 5.75 Å². The third kappa shape index (κ3) is 3.67. The lowest BCUT2D eigenvalue weighted by Gasteiger charge is -2.26. The van der Waals surface area contributed by atoms with E-state index in [-0.39, 0.29) is 23.7 Å². The van der Waals surface area contributed by atoms with Crippen LogP contribution in [0.15, 0.2) is 36.9 Å². The lowest BCUT2D eigenvalue weighted by atomic mass is 9.79. The normalized spacial score (nSPS) is 17.1. The molecule has 2 aromatic carbocycles. The second-order valence-electron chi connectivity index (χ2n) is 5.99. The maximum absolute atomic E-state index is 14.3. The zero-order valence-corrected chi connectivity index (χ0v) is 13.2. The molecule has 0 amide bonds. The molecule has 0 aromatic heterocycles. The van der Waals surface area contributed by atoms with Crippen LogP contribution in [0.2, 0.25) is 0 Å². The minimum absolute atomic E-state index is 0.153. The molecule has 0 saturated heterocycles. The van der Waals surface area contributed by atoms with E-state index in [4.69, 9.17) is 0 Å². The molecule has 132 valence electrons. The van der Waals surface area contributed by atoms with Gasteiger partial charge < -0.3 is 4.74 Å². The Morgan fingerprint density at radius 3 is 2.52 bits per heavy atom. The molecule has 6 heteroatoms. The van der Waals surface area contributed by atoms with E-state index in [1.54, 1.807) is 18.2 Å². The Labute approximate surface area is 141 Å². The van der Waals surface area contributed by atoms with Gasteiger partial charge in [0.1, 0.15) is 5.82 Å². The summed E-state index contributed by atoms with van der Waals surface area (Å²) in [7, 11) is 0.